The molecule has 104 valence electrons. The monoisotopic (exact) mass is 295 g/mol. The van der Waals surface area contributed by atoms with Crippen LogP contribution in [-0.4, -0.2) is 10.8 Å². The number of para-hydroxylation sites is 1. The summed E-state index contributed by atoms with van der Waals surface area (Å²) in [5, 5.41) is 1.52. The minimum absolute atomic E-state index is 0.0244. The molecular weight excluding hydrogens is 282 g/mol. The van der Waals surface area contributed by atoms with E-state index in [2.05, 4.69) is 4.98 Å². The smallest absolute Gasteiger partial charge is 0.168 e. The van der Waals surface area contributed by atoms with Crippen LogP contribution in [0.5, 0.6) is 0 Å². The van der Waals surface area contributed by atoms with Gasteiger partial charge in [-0.25, -0.2) is 0 Å². The maximum Gasteiger partial charge on any atom is 0.168 e. The molecule has 0 unspecified atom stereocenters. The topological polar surface area (TPSA) is 30.0 Å². The Kier molecular flexibility index (Phi) is 3.72. The zero-order valence-electron chi connectivity index (χ0n) is 11.6. The van der Waals surface area contributed by atoms with Gasteiger partial charge in [0.1, 0.15) is 0 Å². The second kappa shape index (κ2) is 5.66. The second-order valence-electron chi connectivity index (χ2n) is 5.07. The Bertz CT molecular complexity index is 821. The molecule has 0 aliphatic carbocycles. The first-order chi connectivity index (χ1) is 10.1. The molecule has 1 heterocycles. The Balaban J connectivity index is 1.97. The summed E-state index contributed by atoms with van der Waals surface area (Å²) in [4.78, 5) is 16.8. The van der Waals surface area contributed by atoms with Gasteiger partial charge in [0.15, 0.2) is 5.78 Å². The van der Waals surface area contributed by atoms with Crippen molar-refractivity contribution in [1.82, 2.24) is 4.98 Å². The second-order valence-corrected chi connectivity index (χ2v) is 5.48. The van der Waals surface area contributed by atoms with E-state index in [9.17, 15) is 4.79 Å². The van der Waals surface area contributed by atoms with Crippen LogP contribution in [-0.2, 0) is 6.42 Å². The highest BCUT2D eigenvalue weighted by Crippen LogP contribution is 2.22. The average molecular weight is 296 g/mol. The van der Waals surface area contributed by atoms with E-state index in [1.54, 1.807) is 12.3 Å². The van der Waals surface area contributed by atoms with Crippen molar-refractivity contribution in [3.05, 3.63) is 76.4 Å². The molecule has 0 saturated carbocycles. The lowest BCUT2D eigenvalue weighted by atomic mass is 9.99. The lowest BCUT2D eigenvalue weighted by molar-refractivity contribution is 0.0993. The predicted octanol–water partition coefficient (Wildman–Crippen LogP) is 4.62. The van der Waals surface area contributed by atoms with Crippen LogP contribution in [0.3, 0.4) is 0 Å². The first kappa shape index (κ1) is 13.8. The van der Waals surface area contributed by atoms with E-state index >= 15 is 0 Å². The third-order valence-electron chi connectivity index (χ3n) is 3.52. The maximum absolute atomic E-state index is 12.5. The summed E-state index contributed by atoms with van der Waals surface area (Å²) < 4.78 is 0. The van der Waals surface area contributed by atoms with Gasteiger partial charge >= 0.3 is 0 Å². The highest BCUT2D eigenvalue weighted by atomic mass is 35.5. The van der Waals surface area contributed by atoms with Gasteiger partial charge in [-0.2, -0.15) is 0 Å². The number of hydrogen-bond donors (Lipinski definition) is 0. The highest BCUT2D eigenvalue weighted by molar-refractivity contribution is 6.34. The van der Waals surface area contributed by atoms with E-state index in [0.29, 0.717) is 17.0 Å². The fourth-order valence-corrected chi connectivity index (χ4v) is 2.76. The van der Waals surface area contributed by atoms with Crippen LogP contribution in [0.25, 0.3) is 10.9 Å². The van der Waals surface area contributed by atoms with Gasteiger partial charge in [0.05, 0.1) is 10.5 Å². The van der Waals surface area contributed by atoms with Gasteiger partial charge in [0, 0.05) is 23.6 Å². The van der Waals surface area contributed by atoms with Crippen molar-refractivity contribution in [1.29, 1.82) is 0 Å². The fourth-order valence-electron chi connectivity index (χ4n) is 2.42. The van der Waals surface area contributed by atoms with E-state index in [0.717, 1.165) is 22.0 Å². The number of Topliss-reactive ketones (excluding diaryl/α,β-unsaturated/α-hetero) is 1. The van der Waals surface area contributed by atoms with Gasteiger partial charge in [-0.3, -0.25) is 9.78 Å². The maximum atomic E-state index is 12.5. The van der Waals surface area contributed by atoms with Crippen LogP contribution in [0, 0.1) is 6.92 Å². The Labute approximate surface area is 128 Å². The zero-order chi connectivity index (χ0) is 14.8. The van der Waals surface area contributed by atoms with Gasteiger partial charge in [-0.05, 0) is 42.3 Å². The summed E-state index contributed by atoms with van der Waals surface area (Å²) in [5.74, 6) is 0.0244. The van der Waals surface area contributed by atoms with Gasteiger partial charge in [0.2, 0.25) is 0 Å². The quantitative estimate of drug-likeness (QED) is 0.660. The van der Waals surface area contributed by atoms with Crippen molar-refractivity contribution < 1.29 is 4.79 Å². The highest BCUT2D eigenvalue weighted by Gasteiger charge is 2.13. The molecule has 1 aromatic heterocycles. The molecule has 2 aromatic carbocycles. The van der Waals surface area contributed by atoms with Gasteiger partial charge in [-0.1, -0.05) is 35.9 Å². The third kappa shape index (κ3) is 2.81. The Morgan fingerprint density at radius 2 is 1.95 bits per heavy atom. The molecule has 2 nitrogen and oxygen atoms in total. The van der Waals surface area contributed by atoms with E-state index < -0.39 is 0 Å². The molecule has 0 amide bonds. The van der Waals surface area contributed by atoms with E-state index in [1.807, 2.05) is 49.4 Å². The van der Waals surface area contributed by atoms with Crippen molar-refractivity contribution in [2.75, 3.05) is 0 Å². The summed E-state index contributed by atoms with van der Waals surface area (Å²) in [6.07, 6.45) is 2.06. The van der Waals surface area contributed by atoms with E-state index in [-0.39, 0.29) is 5.78 Å². The molecule has 0 fully saturated rings. The summed E-state index contributed by atoms with van der Waals surface area (Å²) in [7, 11) is 0. The number of carbonyl (C=O) groups is 1. The molecule has 0 atom stereocenters. The summed E-state index contributed by atoms with van der Waals surface area (Å²) in [5.41, 5.74) is 3.49. The van der Waals surface area contributed by atoms with Gasteiger partial charge in [0.25, 0.3) is 0 Å². The van der Waals surface area contributed by atoms with Crippen molar-refractivity contribution in [2.45, 2.75) is 13.3 Å². The minimum Gasteiger partial charge on any atom is -0.294 e. The summed E-state index contributed by atoms with van der Waals surface area (Å²) in [6, 6.07) is 15.2. The van der Waals surface area contributed by atoms with Crippen molar-refractivity contribution in [3.8, 4) is 0 Å². The molecule has 0 bridgehead atoms. The Morgan fingerprint density at radius 3 is 2.76 bits per heavy atom. The molecule has 0 radical (unpaired) electrons. The average Bonchev–Trinajstić information content (AvgIpc) is 2.47. The third-order valence-corrected chi connectivity index (χ3v) is 3.83. The molecular formula is C18H14ClNO. The first-order valence-corrected chi connectivity index (χ1v) is 7.15. The van der Waals surface area contributed by atoms with Gasteiger partial charge in [-0.15, -0.1) is 0 Å². The number of hydrogen-bond acceptors (Lipinski definition) is 2. The SMILES string of the molecule is Cc1ccc(C(=O)Cc2ccnc3ccccc23)c(Cl)c1. The summed E-state index contributed by atoms with van der Waals surface area (Å²) in [6.45, 7) is 1.95. The normalized spacial score (nSPS) is 10.8. The number of fused-ring (bicyclic) bond motifs is 1. The van der Waals surface area contributed by atoms with Crippen molar-refractivity contribution >= 4 is 28.3 Å². The number of aromatic nitrogens is 1. The number of pyridine rings is 1. The molecule has 0 aliphatic heterocycles. The molecule has 0 spiro atoms. The number of ketones is 1. The fraction of sp³-hybridized carbons (Fsp3) is 0.111. The van der Waals surface area contributed by atoms with Gasteiger partial charge < -0.3 is 0 Å². The van der Waals surface area contributed by atoms with Crippen LogP contribution in [0.15, 0.2) is 54.7 Å². The minimum atomic E-state index is 0.0244. The van der Waals surface area contributed by atoms with Crippen molar-refractivity contribution in [2.24, 2.45) is 0 Å². The molecule has 21 heavy (non-hydrogen) atoms. The summed E-state index contributed by atoms with van der Waals surface area (Å²) >= 11 is 6.18. The Morgan fingerprint density at radius 1 is 1.14 bits per heavy atom. The van der Waals surface area contributed by atoms with Crippen LogP contribution in [0.2, 0.25) is 5.02 Å². The molecule has 3 aromatic rings. The lowest BCUT2D eigenvalue weighted by Crippen LogP contribution is -2.05. The lowest BCUT2D eigenvalue weighted by Gasteiger charge is -2.07. The molecule has 0 saturated heterocycles. The van der Waals surface area contributed by atoms with Crippen LogP contribution in [0.1, 0.15) is 21.5 Å². The zero-order valence-corrected chi connectivity index (χ0v) is 12.4. The van der Waals surface area contributed by atoms with E-state index in [4.69, 9.17) is 11.6 Å². The molecule has 3 heteroatoms. The number of halogens is 1. The van der Waals surface area contributed by atoms with Crippen LogP contribution < -0.4 is 0 Å². The predicted molar refractivity (Wildman–Crippen MR) is 86.0 cm³/mol. The van der Waals surface area contributed by atoms with E-state index in [1.165, 1.54) is 0 Å². The number of carbonyl (C=O) groups excluding carboxylic acids is 1. The van der Waals surface area contributed by atoms with Crippen molar-refractivity contribution in [3.63, 3.8) is 0 Å². The molecule has 0 aliphatic rings. The van der Waals surface area contributed by atoms with Crippen LogP contribution in [0.4, 0.5) is 0 Å². The first-order valence-electron chi connectivity index (χ1n) is 6.77. The van der Waals surface area contributed by atoms with Crippen LogP contribution >= 0.6 is 11.6 Å². The molecule has 3 rings (SSSR count). The number of benzene rings is 2. The number of aryl methyl sites for hydroxylation is 1. The number of nitrogens with zero attached hydrogens (tertiary/aromatic N) is 1. The standard InChI is InChI=1S/C18H14ClNO/c1-12-6-7-15(16(19)10-12)18(21)11-13-8-9-20-17-5-3-2-4-14(13)17/h2-10H,11H2,1H3. The Hall–Kier alpha value is -2.19. The molecule has 0 N–H and O–H groups in total. The number of rotatable bonds is 3. The largest absolute Gasteiger partial charge is 0.294 e.